The van der Waals surface area contributed by atoms with Crippen molar-refractivity contribution in [3.05, 3.63) is 11.3 Å². The van der Waals surface area contributed by atoms with Gasteiger partial charge in [0.1, 0.15) is 0 Å². The molecular formula is C11H19NO2. The third-order valence-corrected chi connectivity index (χ3v) is 2.14. The molecule has 0 fully saturated rings. The summed E-state index contributed by atoms with van der Waals surface area (Å²) in [6.07, 6.45) is 4.82. The van der Waals surface area contributed by atoms with E-state index >= 15 is 0 Å². The topological polar surface area (TPSA) is 46.2 Å². The van der Waals surface area contributed by atoms with Crippen molar-refractivity contribution in [2.24, 2.45) is 0 Å². The number of carbonyl (C=O) groups is 2. The summed E-state index contributed by atoms with van der Waals surface area (Å²) in [6, 6.07) is 0. The Hall–Kier alpha value is -1.12. The third-order valence-electron chi connectivity index (χ3n) is 2.14. The van der Waals surface area contributed by atoms with Gasteiger partial charge in [0.15, 0.2) is 5.78 Å². The Balaban J connectivity index is 4.31. The van der Waals surface area contributed by atoms with Gasteiger partial charge in [-0.1, -0.05) is 19.8 Å². The van der Waals surface area contributed by atoms with Gasteiger partial charge in [0.2, 0.25) is 6.41 Å². The molecule has 0 aliphatic rings. The second kappa shape index (κ2) is 7.30. The number of rotatable bonds is 7. The lowest BCUT2D eigenvalue weighted by Gasteiger charge is -2.07. The van der Waals surface area contributed by atoms with E-state index in [1.54, 1.807) is 0 Å². The van der Waals surface area contributed by atoms with Gasteiger partial charge in [0.25, 0.3) is 0 Å². The lowest BCUT2D eigenvalue weighted by atomic mass is 10.1. The average molecular weight is 197 g/mol. The molecule has 1 amide bonds. The Kier molecular flexibility index (Phi) is 6.72. The monoisotopic (exact) mass is 197 g/mol. The largest absolute Gasteiger partial charge is 0.326 e. The SMILES string of the molecule is CCCCC/C(C)=C(/NC=O)C(C)=O. The van der Waals surface area contributed by atoms with E-state index in [4.69, 9.17) is 0 Å². The van der Waals surface area contributed by atoms with Gasteiger partial charge in [-0.2, -0.15) is 0 Å². The second-order valence-corrected chi connectivity index (χ2v) is 3.43. The number of amides is 1. The predicted molar refractivity (Wildman–Crippen MR) is 56.7 cm³/mol. The molecule has 0 saturated heterocycles. The maximum atomic E-state index is 11.1. The van der Waals surface area contributed by atoms with Crippen LogP contribution in [-0.4, -0.2) is 12.2 Å². The van der Waals surface area contributed by atoms with Crippen LogP contribution in [0.1, 0.15) is 46.5 Å². The fourth-order valence-electron chi connectivity index (χ4n) is 1.35. The van der Waals surface area contributed by atoms with Crippen molar-refractivity contribution in [1.82, 2.24) is 5.32 Å². The maximum absolute atomic E-state index is 11.1. The smallest absolute Gasteiger partial charge is 0.211 e. The van der Waals surface area contributed by atoms with Gasteiger partial charge in [-0.3, -0.25) is 9.59 Å². The first kappa shape index (κ1) is 12.9. The first-order valence-corrected chi connectivity index (χ1v) is 5.04. The summed E-state index contributed by atoms with van der Waals surface area (Å²) in [7, 11) is 0. The highest BCUT2D eigenvalue weighted by Crippen LogP contribution is 2.11. The summed E-state index contributed by atoms with van der Waals surface area (Å²) in [5.41, 5.74) is 1.43. The van der Waals surface area contributed by atoms with Gasteiger partial charge in [-0.25, -0.2) is 0 Å². The van der Waals surface area contributed by atoms with Crippen molar-refractivity contribution in [2.75, 3.05) is 0 Å². The van der Waals surface area contributed by atoms with Gasteiger partial charge in [-0.05, 0) is 25.3 Å². The van der Waals surface area contributed by atoms with Crippen molar-refractivity contribution < 1.29 is 9.59 Å². The summed E-state index contributed by atoms with van der Waals surface area (Å²) in [4.78, 5) is 21.4. The molecule has 0 unspecified atom stereocenters. The fraction of sp³-hybridized carbons (Fsp3) is 0.636. The minimum absolute atomic E-state index is 0.0777. The molecule has 0 aromatic rings. The number of hydrogen-bond donors (Lipinski definition) is 1. The lowest BCUT2D eigenvalue weighted by Crippen LogP contribution is -2.18. The Morgan fingerprint density at radius 1 is 1.29 bits per heavy atom. The van der Waals surface area contributed by atoms with Gasteiger partial charge in [0.05, 0.1) is 5.70 Å². The van der Waals surface area contributed by atoms with Crippen LogP contribution in [0.5, 0.6) is 0 Å². The Morgan fingerprint density at radius 2 is 1.93 bits per heavy atom. The van der Waals surface area contributed by atoms with E-state index < -0.39 is 0 Å². The van der Waals surface area contributed by atoms with Crippen LogP contribution >= 0.6 is 0 Å². The molecule has 3 heteroatoms. The second-order valence-electron chi connectivity index (χ2n) is 3.43. The number of hydrogen-bond acceptors (Lipinski definition) is 2. The van der Waals surface area contributed by atoms with Crippen molar-refractivity contribution in [3.8, 4) is 0 Å². The molecule has 0 saturated carbocycles. The van der Waals surface area contributed by atoms with Crippen LogP contribution in [0.3, 0.4) is 0 Å². The molecule has 0 spiro atoms. The molecule has 0 rings (SSSR count). The summed E-state index contributed by atoms with van der Waals surface area (Å²) < 4.78 is 0. The maximum Gasteiger partial charge on any atom is 0.211 e. The summed E-state index contributed by atoms with van der Waals surface area (Å²) in [5, 5.41) is 2.46. The highest BCUT2D eigenvalue weighted by atomic mass is 16.1. The third kappa shape index (κ3) is 4.80. The molecular weight excluding hydrogens is 178 g/mol. The molecule has 0 atom stereocenters. The number of Topliss-reactive ketones (excluding diaryl/α,β-unsaturated/α-hetero) is 1. The fourth-order valence-corrected chi connectivity index (χ4v) is 1.35. The van der Waals surface area contributed by atoms with E-state index in [0.29, 0.717) is 12.1 Å². The average Bonchev–Trinajstić information content (AvgIpc) is 2.13. The van der Waals surface area contributed by atoms with E-state index in [9.17, 15) is 9.59 Å². The summed E-state index contributed by atoms with van der Waals surface area (Å²) in [5.74, 6) is -0.0777. The van der Waals surface area contributed by atoms with E-state index in [2.05, 4.69) is 12.2 Å². The molecule has 1 N–H and O–H groups in total. The van der Waals surface area contributed by atoms with Crippen molar-refractivity contribution in [1.29, 1.82) is 0 Å². The Labute approximate surface area is 85.6 Å². The summed E-state index contributed by atoms with van der Waals surface area (Å²) >= 11 is 0. The number of carbonyl (C=O) groups excluding carboxylic acids is 2. The molecule has 0 heterocycles. The van der Waals surface area contributed by atoms with Crippen molar-refractivity contribution in [2.45, 2.75) is 46.5 Å². The number of ketones is 1. The van der Waals surface area contributed by atoms with Gasteiger partial charge >= 0.3 is 0 Å². The van der Waals surface area contributed by atoms with Crippen LogP contribution < -0.4 is 5.32 Å². The van der Waals surface area contributed by atoms with E-state index in [-0.39, 0.29) is 5.78 Å². The molecule has 0 aliphatic carbocycles. The molecule has 80 valence electrons. The zero-order chi connectivity index (χ0) is 11.0. The zero-order valence-corrected chi connectivity index (χ0v) is 9.22. The van der Waals surface area contributed by atoms with Crippen LogP contribution in [-0.2, 0) is 9.59 Å². The zero-order valence-electron chi connectivity index (χ0n) is 9.22. The van der Waals surface area contributed by atoms with E-state index in [1.165, 1.54) is 6.92 Å². The first-order valence-electron chi connectivity index (χ1n) is 5.04. The lowest BCUT2D eigenvalue weighted by molar-refractivity contribution is -0.116. The van der Waals surface area contributed by atoms with Crippen LogP contribution in [0, 0.1) is 0 Å². The van der Waals surface area contributed by atoms with Gasteiger partial charge < -0.3 is 5.32 Å². The standard InChI is InChI=1S/C11H19NO2/c1-4-5-6-7-9(2)11(10(3)14)12-8-13/h8H,4-7H2,1-3H3,(H,12,13)/b11-9+. The highest BCUT2D eigenvalue weighted by molar-refractivity contribution is 5.95. The van der Waals surface area contributed by atoms with Crippen molar-refractivity contribution in [3.63, 3.8) is 0 Å². The molecule has 0 radical (unpaired) electrons. The van der Waals surface area contributed by atoms with Gasteiger partial charge in [-0.15, -0.1) is 0 Å². The van der Waals surface area contributed by atoms with Crippen LogP contribution in [0.25, 0.3) is 0 Å². The van der Waals surface area contributed by atoms with Crippen LogP contribution in [0.15, 0.2) is 11.3 Å². The van der Waals surface area contributed by atoms with Crippen molar-refractivity contribution >= 4 is 12.2 Å². The normalized spacial score (nSPS) is 11.9. The molecule has 0 aromatic heterocycles. The molecule has 0 aliphatic heterocycles. The predicted octanol–water partition coefficient (Wildman–Crippen LogP) is 2.18. The Bertz CT molecular complexity index is 231. The molecule has 0 aromatic carbocycles. The highest BCUT2D eigenvalue weighted by Gasteiger charge is 2.06. The van der Waals surface area contributed by atoms with E-state index in [1.807, 2.05) is 6.92 Å². The van der Waals surface area contributed by atoms with Gasteiger partial charge in [0, 0.05) is 6.92 Å². The summed E-state index contributed by atoms with van der Waals surface area (Å²) in [6.45, 7) is 5.49. The number of allylic oxidation sites excluding steroid dienone is 2. The van der Waals surface area contributed by atoms with Crippen LogP contribution in [0.2, 0.25) is 0 Å². The molecule has 14 heavy (non-hydrogen) atoms. The first-order chi connectivity index (χ1) is 6.63. The molecule has 3 nitrogen and oxygen atoms in total. The quantitative estimate of drug-likeness (QED) is 0.386. The number of unbranched alkanes of at least 4 members (excludes halogenated alkanes) is 2. The van der Waals surface area contributed by atoms with Crippen LogP contribution in [0.4, 0.5) is 0 Å². The minimum Gasteiger partial charge on any atom is -0.326 e. The Morgan fingerprint density at radius 3 is 2.36 bits per heavy atom. The number of nitrogens with one attached hydrogen (secondary N) is 1. The van der Waals surface area contributed by atoms with E-state index in [0.717, 1.165) is 31.3 Å². The minimum atomic E-state index is -0.0777. The molecule has 0 bridgehead atoms.